The van der Waals surface area contributed by atoms with E-state index < -0.39 is 11.8 Å². The van der Waals surface area contributed by atoms with E-state index in [1.807, 2.05) is 53.0 Å². The number of ether oxygens (including phenoxy) is 2. The fourth-order valence-corrected chi connectivity index (χ4v) is 7.01. The van der Waals surface area contributed by atoms with Gasteiger partial charge in [-0.1, -0.05) is 48.5 Å². The van der Waals surface area contributed by atoms with Crippen molar-refractivity contribution in [3.8, 4) is 17.2 Å². The minimum Gasteiger partial charge on any atom is -0.493 e. The summed E-state index contributed by atoms with van der Waals surface area (Å²) < 4.78 is 20.5. The van der Waals surface area contributed by atoms with Crippen molar-refractivity contribution in [2.75, 3.05) is 31.4 Å². The number of hydrogen-bond donors (Lipinski definition) is 2. The second kappa shape index (κ2) is 16.9. The molecule has 2 amide bonds. The van der Waals surface area contributed by atoms with Crippen LogP contribution in [-0.4, -0.2) is 56.8 Å². The van der Waals surface area contributed by atoms with E-state index in [0.29, 0.717) is 22.6 Å². The SMILES string of the molecule is COc1cc(NC(=O)c2cc(=O)c3ccccc3o2)c(C(=O)Nc2ccc(CCN(Cc3ccc(-n4ccnc4)cc3)Cc3ccc4cnn(C)c4c3)cc2)cc1OC. The van der Waals surface area contributed by atoms with Crippen molar-refractivity contribution in [3.05, 3.63) is 172 Å². The number of carbonyl (C=O) groups excluding carboxylic acids is 2. The van der Waals surface area contributed by atoms with Crippen LogP contribution < -0.4 is 25.5 Å². The number of nitrogens with zero attached hydrogens (tertiary/aromatic N) is 5. The lowest BCUT2D eigenvalue weighted by Crippen LogP contribution is -2.25. The number of aromatic nitrogens is 4. The van der Waals surface area contributed by atoms with Crippen LogP contribution in [0.4, 0.5) is 11.4 Å². The second-order valence-corrected chi connectivity index (χ2v) is 14.1. The van der Waals surface area contributed by atoms with Gasteiger partial charge >= 0.3 is 0 Å². The van der Waals surface area contributed by atoms with E-state index in [9.17, 15) is 14.4 Å². The third kappa shape index (κ3) is 8.60. The number of para-hydroxylation sites is 1. The minimum absolute atomic E-state index is 0.112. The largest absolute Gasteiger partial charge is 0.493 e. The molecule has 8 rings (SSSR count). The fourth-order valence-electron chi connectivity index (χ4n) is 7.01. The van der Waals surface area contributed by atoms with Gasteiger partial charge in [0.1, 0.15) is 5.58 Å². The lowest BCUT2D eigenvalue weighted by molar-refractivity contribution is 0.0997. The molecule has 8 aromatic rings. The van der Waals surface area contributed by atoms with Crippen LogP contribution in [0.3, 0.4) is 0 Å². The maximum Gasteiger partial charge on any atom is 0.291 e. The summed E-state index contributed by atoms with van der Waals surface area (Å²) in [5, 5.41) is 11.5. The Hall–Kier alpha value is -7.51. The number of benzene rings is 5. The van der Waals surface area contributed by atoms with Crippen LogP contribution in [0.15, 0.2) is 143 Å². The van der Waals surface area contributed by atoms with Gasteiger partial charge in [-0.25, -0.2) is 4.98 Å². The Kier molecular flexibility index (Phi) is 11.0. The molecule has 3 aromatic heterocycles. The topological polar surface area (TPSA) is 146 Å². The average molecular weight is 788 g/mol. The Morgan fingerprint density at radius 3 is 2.29 bits per heavy atom. The molecule has 0 spiro atoms. The first-order valence-electron chi connectivity index (χ1n) is 19.0. The molecule has 0 fully saturated rings. The van der Waals surface area contributed by atoms with Crippen molar-refractivity contribution < 1.29 is 23.5 Å². The van der Waals surface area contributed by atoms with Crippen molar-refractivity contribution in [1.82, 2.24) is 24.2 Å². The molecule has 0 saturated carbocycles. The fraction of sp³-hybridized carbons (Fsp3) is 0.152. The number of anilines is 2. The molecule has 0 aliphatic rings. The van der Waals surface area contributed by atoms with E-state index in [2.05, 4.69) is 68.1 Å². The molecule has 0 radical (unpaired) electrons. The Morgan fingerprint density at radius 2 is 1.53 bits per heavy atom. The number of nitrogens with one attached hydrogen (secondary N) is 2. The number of rotatable bonds is 14. The maximum atomic E-state index is 13.8. The van der Waals surface area contributed by atoms with Crippen LogP contribution in [0.1, 0.15) is 37.6 Å². The molecule has 0 bridgehead atoms. The Labute approximate surface area is 339 Å². The zero-order chi connectivity index (χ0) is 40.9. The van der Waals surface area contributed by atoms with Crippen LogP contribution in [0.25, 0.3) is 27.6 Å². The zero-order valence-electron chi connectivity index (χ0n) is 32.7. The molecule has 13 heteroatoms. The van der Waals surface area contributed by atoms with Gasteiger partial charge in [0, 0.05) is 68.0 Å². The molecule has 0 aliphatic carbocycles. The van der Waals surface area contributed by atoms with Crippen molar-refractivity contribution in [3.63, 3.8) is 0 Å². The van der Waals surface area contributed by atoms with Crippen molar-refractivity contribution >= 4 is 45.1 Å². The summed E-state index contributed by atoms with van der Waals surface area (Å²) in [5.74, 6) is -0.827. The van der Waals surface area contributed by atoms with E-state index in [-0.39, 0.29) is 28.0 Å². The number of imidazole rings is 1. The predicted molar refractivity (Wildman–Crippen MR) is 226 cm³/mol. The molecule has 0 atom stereocenters. The van der Waals surface area contributed by atoms with Gasteiger partial charge in [0.2, 0.25) is 0 Å². The molecule has 296 valence electrons. The number of aryl methyl sites for hydroxylation is 1. The highest BCUT2D eigenvalue weighted by atomic mass is 16.5. The van der Waals surface area contributed by atoms with E-state index in [1.165, 1.54) is 37.5 Å². The Morgan fingerprint density at radius 1 is 0.797 bits per heavy atom. The lowest BCUT2D eigenvalue weighted by Gasteiger charge is -2.23. The highest BCUT2D eigenvalue weighted by molar-refractivity contribution is 6.12. The molecule has 3 heterocycles. The summed E-state index contributed by atoms with van der Waals surface area (Å²) in [6, 6.07) is 33.4. The molecule has 59 heavy (non-hydrogen) atoms. The quantitative estimate of drug-likeness (QED) is 0.114. The average Bonchev–Trinajstić information content (AvgIpc) is 3.93. The predicted octanol–water partition coefficient (Wildman–Crippen LogP) is 7.63. The lowest BCUT2D eigenvalue weighted by atomic mass is 10.1. The third-order valence-corrected chi connectivity index (χ3v) is 10.2. The summed E-state index contributed by atoms with van der Waals surface area (Å²) in [4.78, 5) is 46.5. The molecule has 0 aliphatic heterocycles. The highest BCUT2D eigenvalue weighted by Crippen LogP contribution is 2.34. The number of methoxy groups -OCH3 is 2. The summed E-state index contributed by atoms with van der Waals surface area (Å²) in [6.07, 6.45) is 8.13. The molecule has 2 N–H and O–H groups in total. The third-order valence-electron chi connectivity index (χ3n) is 10.2. The van der Waals surface area contributed by atoms with E-state index in [4.69, 9.17) is 13.9 Å². The van der Waals surface area contributed by atoms with Crippen molar-refractivity contribution in [2.45, 2.75) is 19.5 Å². The van der Waals surface area contributed by atoms with E-state index in [0.717, 1.165) is 54.3 Å². The van der Waals surface area contributed by atoms with Gasteiger partial charge in [-0.2, -0.15) is 5.10 Å². The van der Waals surface area contributed by atoms with E-state index >= 15 is 0 Å². The van der Waals surface area contributed by atoms with Gasteiger partial charge in [0.05, 0.1) is 48.9 Å². The molecule has 0 saturated heterocycles. The Balaban J connectivity index is 0.974. The number of amides is 2. The zero-order valence-corrected chi connectivity index (χ0v) is 32.7. The van der Waals surface area contributed by atoms with Crippen molar-refractivity contribution in [1.29, 1.82) is 0 Å². The van der Waals surface area contributed by atoms with Crippen LogP contribution in [-0.2, 0) is 26.6 Å². The van der Waals surface area contributed by atoms with Gasteiger partial charge in [-0.15, -0.1) is 0 Å². The molecule has 5 aromatic carbocycles. The maximum absolute atomic E-state index is 13.8. The highest BCUT2D eigenvalue weighted by Gasteiger charge is 2.21. The number of fused-ring (bicyclic) bond motifs is 2. The summed E-state index contributed by atoms with van der Waals surface area (Å²) in [5.41, 5.74) is 6.34. The molecule has 0 unspecified atom stereocenters. The summed E-state index contributed by atoms with van der Waals surface area (Å²) in [7, 11) is 4.87. The van der Waals surface area contributed by atoms with Crippen LogP contribution in [0, 0.1) is 0 Å². The standard InChI is InChI=1S/C46H41N7O6/c1-51-39-22-32(8-13-33(39)26-48-51)28-52(27-31-11-16-35(17-12-31)53-21-19-47-29-53)20-18-30-9-14-34(15-10-30)49-45(55)37-23-42(57-2)43(58-3)24-38(37)50-46(56)44-25-40(54)36-6-4-5-7-41(36)59-44/h4-17,19,21-26,29H,18,20,27-28H2,1-3H3,(H,49,55)(H,50,56). The van der Waals surface area contributed by atoms with Gasteiger partial charge in [0.15, 0.2) is 22.7 Å². The van der Waals surface area contributed by atoms with Gasteiger partial charge in [-0.05, 0) is 71.6 Å². The first-order valence-corrected chi connectivity index (χ1v) is 19.0. The molecule has 13 nitrogen and oxygen atoms in total. The van der Waals surface area contributed by atoms with Crippen LogP contribution >= 0.6 is 0 Å². The minimum atomic E-state index is -0.712. The first kappa shape index (κ1) is 38.4. The molecular formula is C46H41N7O6. The van der Waals surface area contributed by atoms with E-state index in [1.54, 1.807) is 36.8 Å². The van der Waals surface area contributed by atoms with Gasteiger partial charge < -0.3 is 29.1 Å². The van der Waals surface area contributed by atoms with Crippen LogP contribution in [0.2, 0.25) is 0 Å². The number of carbonyl (C=O) groups is 2. The normalized spacial score (nSPS) is 11.3. The van der Waals surface area contributed by atoms with Gasteiger partial charge in [-0.3, -0.25) is 24.0 Å². The monoisotopic (exact) mass is 787 g/mol. The van der Waals surface area contributed by atoms with Gasteiger partial charge in [0.25, 0.3) is 11.8 Å². The second-order valence-electron chi connectivity index (χ2n) is 14.1. The summed E-state index contributed by atoms with van der Waals surface area (Å²) in [6.45, 7) is 2.28. The first-order chi connectivity index (χ1) is 28.7. The van der Waals surface area contributed by atoms with Crippen LogP contribution in [0.5, 0.6) is 11.5 Å². The Bertz CT molecular complexity index is 2830. The van der Waals surface area contributed by atoms with Crippen molar-refractivity contribution in [2.24, 2.45) is 7.05 Å². The summed E-state index contributed by atoms with van der Waals surface area (Å²) >= 11 is 0. The molecular weight excluding hydrogens is 747 g/mol. The number of hydrogen-bond acceptors (Lipinski definition) is 9. The smallest absolute Gasteiger partial charge is 0.291 e.